The Balaban J connectivity index is 1.90. The van der Waals surface area contributed by atoms with Crippen molar-refractivity contribution in [2.75, 3.05) is 0 Å². The average Bonchev–Trinajstić information content (AvgIpc) is 2.96. The molecule has 1 N–H and O–H groups in total. The monoisotopic (exact) mass is 242 g/mol. The number of nitrogens with zero attached hydrogens (tertiary/aromatic N) is 1. The van der Waals surface area contributed by atoms with Gasteiger partial charge in [-0.25, -0.2) is 4.98 Å². The molecule has 17 heavy (non-hydrogen) atoms. The summed E-state index contributed by atoms with van der Waals surface area (Å²) in [7, 11) is 0. The highest BCUT2D eigenvalue weighted by Gasteiger charge is 2.11. The summed E-state index contributed by atoms with van der Waals surface area (Å²) >= 11 is 1.54. The molecule has 0 saturated heterocycles. The van der Waals surface area contributed by atoms with E-state index in [4.69, 9.17) is 0 Å². The number of hydrogen-bond acceptors (Lipinski definition) is 3. The molecule has 2 heterocycles. The summed E-state index contributed by atoms with van der Waals surface area (Å²) in [6.45, 7) is 0. The van der Waals surface area contributed by atoms with Gasteiger partial charge in [0.15, 0.2) is 5.78 Å². The maximum absolute atomic E-state index is 12.0. The van der Waals surface area contributed by atoms with Crippen LogP contribution in [0.25, 0.3) is 10.1 Å². The minimum absolute atomic E-state index is 0.112. The maximum atomic E-state index is 12.0. The largest absolute Gasteiger partial charge is 0.348 e. The van der Waals surface area contributed by atoms with Crippen LogP contribution in [0.2, 0.25) is 0 Å². The summed E-state index contributed by atoms with van der Waals surface area (Å²) in [5.74, 6) is 0.827. The van der Waals surface area contributed by atoms with E-state index in [-0.39, 0.29) is 5.78 Å². The van der Waals surface area contributed by atoms with Crippen LogP contribution in [0.5, 0.6) is 0 Å². The summed E-state index contributed by atoms with van der Waals surface area (Å²) in [4.78, 5) is 19.8. The van der Waals surface area contributed by atoms with Crippen molar-refractivity contribution in [3.63, 3.8) is 0 Å². The zero-order valence-corrected chi connectivity index (χ0v) is 9.83. The molecule has 2 aromatic heterocycles. The summed E-state index contributed by atoms with van der Waals surface area (Å²) in [6, 6.07) is 9.97. The topological polar surface area (TPSA) is 45.8 Å². The van der Waals surface area contributed by atoms with Crippen molar-refractivity contribution in [1.82, 2.24) is 9.97 Å². The van der Waals surface area contributed by atoms with Crippen molar-refractivity contribution in [3.05, 3.63) is 53.4 Å². The molecule has 0 aliphatic heterocycles. The molecule has 0 amide bonds. The number of H-pyrrole nitrogens is 1. The number of benzene rings is 1. The Morgan fingerprint density at radius 2 is 2.24 bits per heavy atom. The van der Waals surface area contributed by atoms with Gasteiger partial charge in [-0.1, -0.05) is 18.2 Å². The molecule has 84 valence electrons. The van der Waals surface area contributed by atoms with E-state index in [0.717, 1.165) is 15.0 Å². The van der Waals surface area contributed by atoms with Gasteiger partial charge in [-0.3, -0.25) is 4.79 Å². The first kappa shape index (κ1) is 10.2. The number of carbonyl (C=O) groups is 1. The molecule has 4 heteroatoms. The van der Waals surface area contributed by atoms with Crippen LogP contribution in [0.1, 0.15) is 15.5 Å². The first-order chi connectivity index (χ1) is 8.33. The summed E-state index contributed by atoms with van der Waals surface area (Å²) in [5.41, 5.74) is 0. The number of aromatic amines is 1. The number of carbonyl (C=O) groups excluding carboxylic acids is 1. The van der Waals surface area contributed by atoms with E-state index in [1.807, 2.05) is 30.3 Å². The Bertz CT molecular complexity index is 622. The van der Waals surface area contributed by atoms with Gasteiger partial charge in [0.05, 0.1) is 11.3 Å². The summed E-state index contributed by atoms with van der Waals surface area (Å²) in [5, 5.41) is 1.13. The van der Waals surface area contributed by atoms with E-state index < -0.39 is 0 Å². The van der Waals surface area contributed by atoms with Gasteiger partial charge in [0.1, 0.15) is 5.82 Å². The first-order valence-corrected chi connectivity index (χ1v) is 6.14. The second-order valence-electron chi connectivity index (χ2n) is 3.78. The summed E-state index contributed by atoms with van der Waals surface area (Å²) in [6.07, 6.45) is 3.72. The van der Waals surface area contributed by atoms with Gasteiger partial charge < -0.3 is 4.98 Å². The van der Waals surface area contributed by atoms with Gasteiger partial charge in [-0.05, 0) is 17.5 Å². The van der Waals surface area contributed by atoms with Crippen molar-refractivity contribution >= 4 is 27.2 Å². The van der Waals surface area contributed by atoms with Gasteiger partial charge in [0, 0.05) is 17.1 Å². The van der Waals surface area contributed by atoms with Crippen molar-refractivity contribution in [2.45, 2.75) is 6.42 Å². The lowest BCUT2D eigenvalue weighted by Crippen LogP contribution is -2.02. The van der Waals surface area contributed by atoms with E-state index in [2.05, 4.69) is 9.97 Å². The Hall–Kier alpha value is -1.94. The van der Waals surface area contributed by atoms with Crippen LogP contribution in [0.3, 0.4) is 0 Å². The van der Waals surface area contributed by atoms with E-state index in [1.54, 1.807) is 12.4 Å². The quantitative estimate of drug-likeness (QED) is 0.717. The van der Waals surface area contributed by atoms with Gasteiger partial charge in [0.2, 0.25) is 0 Å². The van der Waals surface area contributed by atoms with Crippen molar-refractivity contribution in [2.24, 2.45) is 0 Å². The van der Waals surface area contributed by atoms with Crippen LogP contribution >= 0.6 is 11.3 Å². The average molecular weight is 242 g/mol. The Kier molecular flexibility index (Phi) is 2.49. The van der Waals surface area contributed by atoms with E-state index in [1.165, 1.54) is 11.3 Å². The molecule has 0 radical (unpaired) electrons. The van der Waals surface area contributed by atoms with E-state index in [9.17, 15) is 4.79 Å². The third-order valence-corrected chi connectivity index (χ3v) is 3.74. The molecule has 0 atom stereocenters. The SMILES string of the molecule is O=C(Cc1ncc[nH]1)c1cc2ccccc2s1. The Morgan fingerprint density at radius 1 is 1.35 bits per heavy atom. The van der Waals surface area contributed by atoms with Crippen molar-refractivity contribution in [1.29, 1.82) is 0 Å². The van der Waals surface area contributed by atoms with Crippen LogP contribution < -0.4 is 0 Å². The molecular formula is C13H10N2OS. The third kappa shape index (κ3) is 1.99. The van der Waals surface area contributed by atoms with Crippen LogP contribution in [-0.2, 0) is 6.42 Å². The molecule has 1 aromatic carbocycles. The molecule has 0 unspecified atom stereocenters. The number of thiophene rings is 1. The van der Waals surface area contributed by atoms with Gasteiger partial charge in [0.25, 0.3) is 0 Å². The van der Waals surface area contributed by atoms with E-state index in [0.29, 0.717) is 12.2 Å². The lowest BCUT2D eigenvalue weighted by atomic mass is 10.2. The predicted octanol–water partition coefficient (Wildman–Crippen LogP) is 3.05. The Morgan fingerprint density at radius 3 is 3.00 bits per heavy atom. The second-order valence-corrected chi connectivity index (χ2v) is 4.87. The standard InChI is InChI=1S/C13H10N2OS/c16-10(8-13-14-5-6-15-13)12-7-9-3-1-2-4-11(9)17-12/h1-7H,8H2,(H,14,15). The zero-order chi connectivity index (χ0) is 11.7. The minimum atomic E-state index is 0.112. The molecule has 0 fully saturated rings. The number of Topliss-reactive ketones (excluding diaryl/α,β-unsaturated/α-hetero) is 1. The number of nitrogens with one attached hydrogen (secondary N) is 1. The normalized spacial score (nSPS) is 10.8. The molecule has 3 aromatic rings. The Labute approximate surface area is 102 Å². The van der Waals surface area contributed by atoms with Crippen LogP contribution in [0, 0.1) is 0 Å². The highest BCUT2D eigenvalue weighted by atomic mass is 32.1. The number of fused-ring (bicyclic) bond motifs is 1. The maximum Gasteiger partial charge on any atom is 0.180 e. The van der Waals surface area contributed by atoms with Crippen molar-refractivity contribution in [3.8, 4) is 0 Å². The number of rotatable bonds is 3. The molecular weight excluding hydrogens is 232 g/mol. The number of ketones is 1. The molecule has 3 rings (SSSR count). The number of imidazole rings is 1. The first-order valence-electron chi connectivity index (χ1n) is 5.33. The lowest BCUT2D eigenvalue weighted by molar-refractivity contribution is 0.0995. The highest BCUT2D eigenvalue weighted by Crippen LogP contribution is 2.25. The zero-order valence-electron chi connectivity index (χ0n) is 9.01. The molecule has 0 saturated carbocycles. The van der Waals surface area contributed by atoms with Crippen LogP contribution in [0.4, 0.5) is 0 Å². The van der Waals surface area contributed by atoms with Gasteiger partial charge >= 0.3 is 0 Å². The van der Waals surface area contributed by atoms with E-state index >= 15 is 0 Å². The molecule has 0 aliphatic carbocycles. The fourth-order valence-corrected chi connectivity index (χ4v) is 2.75. The second kappa shape index (κ2) is 4.14. The molecule has 3 nitrogen and oxygen atoms in total. The van der Waals surface area contributed by atoms with Crippen LogP contribution in [-0.4, -0.2) is 15.8 Å². The summed E-state index contributed by atoms with van der Waals surface area (Å²) < 4.78 is 1.15. The number of hydrogen-bond donors (Lipinski definition) is 1. The van der Waals surface area contributed by atoms with Gasteiger partial charge in [-0.15, -0.1) is 11.3 Å². The van der Waals surface area contributed by atoms with Gasteiger partial charge in [-0.2, -0.15) is 0 Å². The molecule has 0 bridgehead atoms. The molecule has 0 aliphatic rings. The number of aromatic nitrogens is 2. The molecule has 0 spiro atoms. The predicted molar refractivity (Wildman–Crippen MR) is 68.4 cm³/mol. The third-order valence-electron chi connectivity index (χ3n) is 2.58. The van der Waals surface area contributed by atoms with Crippen molar-refractivity contribution < 1.29 is 4.79 Å². The smallest absolute Gasteiger partial charge is 0.180 e. The highest BCUT2D eigenvalue weighted by molar-refractivity contribution is 7.20. The fraction of sp³-hybridized carbons (Fsp3) is 0.0769. The fourth-order valence-electron chi connectivity index (χ4n) is 1.75. The minimum Gasteiger partial charge on any atom is -0.348 e. The lowest BCUT2D eigenvalue weighted by Gasteiger charge is -1.93. The van der Waals surface area contributed by atoms with Crippen LogP contribution in [0.15, 0.2) is 42.7 Å².